The molecule has 0 aliphatic rings. The number of hydrogen-bond donors (Lipinski definition) is 1. The smallest absolute Gasteiger partial charge is 0.264 e. The number of anilines is 1. The molecular formula is C29H35N3O5S. The van der Waals surface area contributed by atoms with Crippen molar-refractivity contribution in [1.82, 2.24) is 10.2 Å². The number of methoxy groups -OCH3 is 1. The average Bonchev–Trinajstić information content (AvgIpc) is 2.93. The minimum absolute atomic E-state index is 0.0523. The maximum atomic E-state index is 13.9. The molecule has 0 heterocycles. The average molecular weight is 538 g/mol. The lowest BCUT2D eigenvalue weighted by Gasteiger charge is -2.33. The molecule has 1 atom stereocenters. The minimum atomic E-state index is -4.12. The fraction of sp³-hybridized carbons (Fsp3) is 0.310. The Kier molecular flexibility index (Phi) is 9.90. The minimum Gasteiger partial charge on any atom is -0.497 e. The molecule has 0 fully saturated rings. The van der Waals surface area contributed by atoms with Gasteiger partial charge in [0, 0.05) is 19.2 Å². The Morgan fingerprint density at radius 1 is 0.947 bits per heavy atom. The predicted molar refractivity (Wildman–Crippen MR) is 148 cm³/mol. The van der Waals surface area contributed by atoms with Crippen LogP contribution in [0.1, 0.15) is 31.4 Å². The number of likely N-dealkylation sites (N-methyl/N-ethyl adjacent to an activating group) is 1. The van der Waals surface area contributed by atoms with E-state index >= 15 is 0 Å². The Hall–Kier alpha value is -3.85. The highest BCUT2D eigenvalue weighted by Gasteiger charge is 2.33. The highest BCUT2D eigenvalue weighted by Crippen LogP contribution is 2.27. The highest BCUT2D eigenvalue weighted by atomic mass is 32.2. The molecule has 0 saturated carbocycles. The number of carbonyl (C=O) groups excluding carboxylic acids is 2. The zero-order chi connectivity index (χ0) is 27.7. The topological polar surface area (TPSA) is 96.0 Å². The molecular weight excluding hydrogens is 502 g/mol. The molecule has 0 aromatic heterocycles. The largest absolute Gasteiger partial charge is 0.497 e. The third kappa shape index (κ3) is 6.92. The van der Waals surface area contributed by atoms with Crippen LogP contribution < -0.4 is 14.4 Å². The second kappa shape index (κ2) is 13.1. The summed E-state index contributed by atoms with van der Waals surface area (Å²) in [6, 6.07) is 21.4. The van der Waals surface area contributed by atoms with Gasteiger partial charge in [0.25, 0.3) is 10.0 Å². The molecule has 202 valence electrons. The number of carbonyl (C=O) groups is 2. The van der Waals surface area contributed by atoms with Gasteiger partial charge in [0.2, 0.25) is 11.8 Å². The molecule has 0 spiro atoms. The van der Waals surface area contributed by atoms with Gasteiger partial charge in [0.05, 0.1) is 17.7 Å². The number of ether oxygens (including phenoxy) is 1. The Bertz CT molecular complexity index is 1330. The van der Waals surface area contributed by atoms with E-state index in [0.717, 1.165) is 15.4 Å². The molecule has 3 rings (SSSR count). The Balaban J connectivity index is 2.06. The van der Waals surface area contributed by atoms with Crippen molar-refractivity contribution in [2.75, 3.05) is 24.5 Å². The summed E-state index contributed by atoms with van der Waals surface area (Å²) in [4.78, 5) is 28.4. The monoisotopic (exact) mass is 537 g/mol. The number of hydrogen-bond acceptors (Lipinski definition) is 5. The number of sulfonamides is 1. The summed E-state index contributed by atoms with van der Waals surface area (Å²) in [6.07, 6.45) is 0.369. The third-order valence-corrected chi connectivity index (χ3v) is 7.95. The Labute approximate surface area is 225 Å². The van der Waals surface area contributed by atoms with E-state index in [0.29, 0.717) is 18.7 Å². The molecule has 0 aliphatic heterocycles. The first kappa shape index (κ1) is 28.7. The molecule has 3 aromatic rings. The quantitative estimate of drug-likeness (QED) is 0.375. The molecule has 1 N–H and O–H groups in total. The van der Waals surface area contributed by atoms with Gasteiger partial charge in [-0.15, -0.1) is 0 Å². The molecule has 0 saturated heterocycles. The fourth-order valence-corrected chi connectivity index (χ4v) is 5.54. The molecule has 9 heteroatoms. The van der Waals surface area contributed by atoms with E-state index in [2.05, 4.69) is 5.32 Å². The summed E-state index contributed by atoms with van der Waals surface area (Å²) in [6.45, 7) is 5.69. The Morgan fingerprint density at radius 2 is 1.63 bits per heavy atom. The van der Waals surface area contributed by atoms with Crippen LogP contribution in [-0.4, -0.2) is 51.4 Å². The van der Waals surface area contributed by atoms with E-state index < -0.39 is 28.5 Å². The lowest BCUT2D eigenvalue weighted by atomic mass is 10.1. The van der Waals surface area contributed by atoms with Crippen molar-refractivity contribution in [2.24, 2.45) is 0 Å². The van der Waals surface area contributed by atoms with Crippen LogP contribution in [0, 0.1) is 6.92 Å². The lowest BCUT2D eigenvalue weighted by molar-refractivity contribution is -0.140. The second-order valence-corrected chi connectivity index (χ2v) is 10.7. The van der Waals surface area contributed by atoms with E-state index in [-0.39, 0.29) is 23.0 Å². The first-order valence-corrected chi connectivity index (χ1v) is 14.0. The first-order chi connectivity index (χ1) is 18.2. The van der Waals surface area contributed by atoms with E-state index in [1.807, 2.05) is 45.0 Å². The maximum Gasteiger partial charge on any atom is 0.264 e. The summed E-state index contributed by atoms with van der Waals surface area (Å²) in [5, 5.41) is 2.80. The standard InChI is InChI=1S/C29H35N3O5S/c1-5-27(29(34)30-6-2)31(20-23-17-15-22(3)16-18-23)28(33)21-32(24-11-10-12-25(19-24)37-4)38(35,36)26-13-8-7-9-14-26/h7-19,27H,5-6,20-21H2,1-4H3,(H,30,34)/t27-/m0/s1. The van der Waals surface area contributed by atoms with Gasteiger partial charge in [-0.2, -0.15) is 0 Å². The molecule has 0 bridgehead atoms. The van der Waals surface area contributed by atoms with Crippen molar-refractivity contribution < 1.29 is 22.7 Å². The number of nitrogens with zero attached hydrogens (tertiary/aromatic N) is 2. The summed E-state index contributed by atoms with van der Waals surface area (Å²) < 4.78 is 34.0. The SMILES string of the molecule is CCNC(=O)[C@H](CC)N(Cc1ccc(C)cc1)C(=O)CN(c1cccc(OC)c1)S(=O)(=O)c1ccccc1. The van der Waals surface area contributed by atoms with Crippen LogP contribution in [0.4, 0.5) is 5.69 Å². The molecule has 8 nitrogen and oxygen atoms in total. The second-order valence-electron chi connectivity index (χ2n) is 8.85. The van der Waals surface area contributed by atoms with E-state index in [9.17, 15) is 18.0 Å². The van der Waals surface area contributed by atoms with Gasteiger partial charge in [0.1, 0.15) is 18.3 Å². The lowest BCUT2D eigenvalue weighted by Crippen LogP contribution is -2.52. The number of amides is 2. The number of rotatable bonds is 12. The normalized spacial score (nSPS) is 11.9. The molecule has 0 unspecified atom stereocenters. The van der Waals surface area contributed by atoms with Crippen molar-refractivity contribution in [3.8, 4) is 5.75 Å². The van der Waals surface area contributed by atoms with Gasteiger partial charge >= 0.3 is 0 Å². The Morgan fingerprint density at radius 3 is 2.24 bits per heavy atom. The molecule has 0 aliphatic carbocycles. The number of benzene rings is 3. The van der Waals surface area contributed by atoms with Crippen LogP contribution in [0.2, 0.25) is 0 Å². The number of aryl methyl sites for hydroxylation is 1. The highest BCUT2D eigenvalue weighted by molar-refractivity contribution is 7.92. The van der Waals surface area contributed by atoms with E-state index in [1.165, 1.54) is 24.1 Å². The van der Waals surface area contributed by atoms with Crippen molar-refractivity contribution >= 4 is 27.5 Å². The zero-order valence-corrected chi connectivity index (χ0v) is 23.1. The maximum absolute atomic E-state index is 13.9. The fourth-order valence-electron chi connectivity index (χ4n) is 4.12. The van der Waals surface area contributed by atoms with Crippen LogP contribution in [0.3, 0.4) is 0 Å². The van der Waals surface area contributed by atoms with Crippen LogP contribution in [0.25, 0.3) is 0 Å². The van der Waals surface area contributed by atoms with Crippen LogP contribution in [0.15, 0.2) is 83.8 Å². The van der Waals surface area contributed by atoms with Crippen LogP contribution in [-0.2, 0) is 26.2 Å². The van der Waals surface area contributed by atoms with E-state index in [4.69, 9.17) is 4.74 Å². The first-order valence-electron chi connectivity index (χ1n) is 12.6. The van der Waals surface area contributed by atoms with Gasteiger partial charge in [0.15, 0.2) is 0 Å². The van der Waals surface area contributed by atoms with Gasteiger partial charge in [-0.3, -0.25) is 13.9 Å². The van der Waals surface area contributed by atoms with Crippen molar-refractivity contribution in [3.63, 3.8) is 0 Å². The van der Waals surface area contributed by atoms with Crippen LogP contribution in [0.5, 0.6) is 5.75 Å². The molecule has 0 radical (unpaired) electrons. The summed E-state index contributed by atoms with van der Waals surface area (Å²) >= 11 is 0. The predicted octanol–water partition coefficient (Wildman–Crippen LogP) is 4.14. The molecule has 3 aromatic carbocycles. The molecule has 2 amide bonds. The van der Waals surface area contributed by atoms with Gasteiger partial charge < -0.3 is 15.0 Å². The van der Waals surface area contributed by atoms with Crippen molar-refractivity contribution in [1.29, 1.82) is 0 Å². The van der Waals surface area contributed by atoms with Gasteiger partial charge in [-0.25, -0.2) is 8.42 Å². The van der Waals surface area contributed by atoms with Gasteiger partial charge in [-0.1, -0.05) is 61.0 Å². The molecule has 38 heavy (non-hydrogen) atoms. The van der Waals surface area contributed by atoms with Gasteiger partial charge in [-0.05, 0) is 50.1 Å². The zero-order valence-electron chi connectivity index (χ0n) is 22.3. The summed E-state index contributed by atoms with van der Waals surface area (Å²) in [5.74, 6) is -0.325. The number of nitrogens with one attached hydrogen (secondary N) is 1. The summed E-state index contributed by atoms with van der Waals surface area (Å²) in [5.41, 5.74) is 2.19. The third-order valence-electron chi connectivity index (χ3n) is 6.16. The van der Waals surface area contributed by atoms with Crippen molar-refractivity contribution in [3.05, 3.63) is 90.0 Å². The van der Waals surface area contributed by atoms with Crippen molar-refractivity contribution in [2.45, 2.75) is 44.7 Å². The van der Waals surface area contributed by atoms with Crippen LogP contribution >= 0.6 is 0 Å². The summed E-state index contributed by atoms with van der Waals surface area (Å²) in [7, 11) is -2.63. The van der Waals surface area contributed by atoms with E-state index in [1.54, 1.807) is 42.5 Å².